The summed E-state index contributed by atoms with van der Waals surface area (Å²) < 4.78 is 3.34. The van der Waals surface area contributed by atoms with Crippen LogP contribution in [-0.4, -0.2) is 54.4 Å². The van der Waals surface area contributed by atoms with Crippen LogP contribution in [0.1, 0.15) is 32.4 Å². The van der Waals surface area contributed by atoms with Crippen molar-refractivity contribution in [2.45, 2.75) is 38.9 Å². The minimum Gasteiger partial charge on any atom is -0.362 e. The number of rotatable bonds is 4. The van der Waals surface area contributed by atoms with Gasteiger partial charge in [-0.3, -0.25) is 9.69 Å². The van der Waals surface area contributed by atoms with Crippen LogP contribution in [0, 0.1) is 6.57 Å². The Morgan fingerprint density at radius 1 is 1.09 bits per heavy atom. The van der Waals surface area contributed by atoms with Crippen molar-refractivity contribution in [1.29, 1.82) is 0 Å². The van der Waals surface area contributed by atoms with Crippen LogP contribution in [0.2, 0.25) is 0 Å². The fraction of sp³-hybridized carbons (Fsp3) is 0.346. The summed E-state index contributed by atoms with van der Waals surface area (Å²) in [5.41, 5.74) is 4.38. The molecule has 0 radical (unpaired) electrons. The van der Waals surface area contributed by atoms with Gasteiger partial charge in [0, 0.05) is 44.3 Å². The van der Waals surface area contributed by atoms with Crippen LogP contribution in [0.4, 0.5) is 11.5 Å². The number of aromatic nitrogens is 5. The van der Waals surface area contributed by atoms with E-state index in [1.165, 1.54) is 11.9 Å². The number of hydrogen-bond donors (Lipinski definition) is 0. The fourth-order valence-electron chi connectivity index (χ4n) is 5.05. The molecule has 1 fully saturated rings. The third-order valence-corrected chi connectivity index (χ3v) is 7.07. The van der Waals surface area contributed by atoms with Gasteiger partial charge < -0.3 is 14.3 Å². The van der Waals surface area contributed by atoms with Crippen molar-refractivity contribution in [2.75, 3.05) is 18.0 Å². The normalized spacial score (nSPS) is 19.6. The number of fused-ring (bicyclic) bond motifs is 1. The van der Waals surface area contributed by atoms with E-state index in [0.29, 0.717) is 11.3 Å². The predicted octanol–water partition coefficient (Wildman–Crippen LogP) is 3.73. The Hall–Kier alpha value is -4.03. The Bertz CT molecular complexity index is 1450. The van der Waals surface area contributed by atoms with Crippen molar-refractivity contribution in [3.8, 4) is 5.69 Å². The zero-order valence-electron chi connectivity index (χ0n) is 20.3. The van der Waals surface area contributed by atoms with E-state index in [4.69, 9.17) is 6.57 Å². The first kappa shape index (κ1) is 22.7. The summed E-state index contributed by atoms with van der Waals surface area (Å²) in [5, 5.41) is 4.20. The number of aryl methyl sites for hydroxylation is 1. The van der Waals surface area contributed by atoms with E-state index in [9.17, 15) is 4.79 Å². The molecule has 0 amide bonds. The molecule has 4 aromatic rings. The Morgan fingerprint density at radius 3 is 2.54 bits per heavy atom. The van der Waals surface area contributed by atoms with Crippen molar-refractivity contribution in [1.82, 2.24) is 29.2 Å². The van der Waals surface area contributed by atoms with E-state index in [-0.39, 0.29) is 23.7 Å². The molecule has 0 saturated carbocycles. The highest BCUT2D eigenvalue weighted by Crippen LogP contribution is 2.33. The monoisotopic (exact) mass is 468 g/mol. The second-order valence-corrected chi connectivity index (χ2v) is 9.23. The van der Waals surface area contributed by atoms with E-state index >= 15 is 0 Å². The average molecular weight is 469 g/mol. The van der Waals surface area contributed by atoms with Gasteiger partial charge in [-0.1, -0.05) is 18.7 Å². The smallest absolute Gasteiger partial charge is 0.270 e. The lowest BCUT2D eigenvalue weighted by Gasteiger charge is -2.47. The van der Waals surface area contributed by atoms with Gasteiger partial charge in [-0.05, 0) is 50.6 Å². The first-order valence-electron chi connectivity index (χ1n) is 11.7. The van der Waals surface area contributed by atoms with Crippen LogP contribution < -0.4 is 10.5 Å². The molecule has 5 rings (SSSR count). The fourth-order valence-corrected chi connectivity index (χ4v) is 5.05. The molecular formula is C26H28N8O. The summed E-state index contributed by atoms with van der Waals surface area (Å²) in [6.45, 7) is 15.6. The summed E-state index contributed by atoms with van der Waals surface area (Å²) in [7, 11) is 1.74. The predicted molar refractivity (Wildman–Crippen MR) is 136 cm³/mol. The van der Waals surface area contributed by atoms with E-state index in [1.54, 1.807) is 34.8 Å². The average Bonchev–Trinajstić information content (AvgIpc) is 3.42. The Kier molecular flexibility index (Phi) is 5.83. The van der Waals surface area contributed by atoms with Gasteiger partial charge in [0.25, 0.3) is 11.4 Å². The Labute approximate surface area is 204 Å². The van der Waals surface area contributed by atoms with E-state index in [1.807, 2.05) is 6.07 Å². The van der Waals surface area contributed by atoms with E-state index in [2.05, 4.69) is 74.7 Å². The van der Waals surface area contributed by atoms with Gasteiger partial charge in [-0.15, -0.1) is 4.98 Å². The SMILES string of the molecule is [C-]#[N+]c1ccc2c(n1)c(N1C[C@@H](C)N(C(C)c3ccc(-n4cncn4)cc3)C[C@@H]1C)cc(=O)n2C. The summed E-state index contributed by atoms with van der Waals surface area (Å²) in [6.07, 6.45) is 3.22. The number of piperazine rings is 1. The van der Waals surface area contributed by atoms with E-state index < -0.39 is 0 Å². The molecule has 35 heavy (non-hydrogen) atoms. The molecule has 3 atom stereocenters. The lowest BCUT2D eigenvalue weighted by molar-refractivity contribution is 0.119. The molecule has 178 valence electrons. The molecule has 0 bridgehead atoms. The summed E-state index contributed by atoms with van der Waals surface area (Å²) in [5.74, 6) is 0.333. The summed E-state index contributed by atoms with van der Waals surface area (Å²) >= 11 is 0. The maximum absolute atomic E-state index is 12.7. The third-order valence-electron chi connectivity index (χ3n) is 7.07. The molecule has 3 aromatic heterocycles. The molecule has 1 aromatic carbocycles. The molecule has 1 unspecified atom stereocenters. The number of anilines is 1. The molecular weight excluding hydrogens is 440 g/mol. The van der Waals surface area contributed by atoms with Gasteiger partial charge in [-0.2, -0.15) is 5.10 Å². The van der Waals surface area contributed by atoms with Crippen LogP contribution in [0.15, 0.2) is 59.9 Å². The minimum atomic E-state index is -0.0759. The van der Waals surface area contributed by atoms with Gasteiger partial charge >= 0.3 is 0 Å². The summed E-state index contributed by atoms with van der Waals surface area (Å²) in [4.78, 5) is 29.6. The number of hydrogen-bond acceptors (Lipinski definition) is 6. The van der Waals surface area contributed by atoms with Gasteiger partial charge in [0.1, 0.15) is 12.7 Å². The molecule has 1 aliphatic heterocycles. The van der Waals surface area contributed by atoms with Crippen LogP contribution in [0.3, 0.4) is 0 Å². The molecule has 0 aliphatic carbocycles. The topological polar surface area (TPSA) is 76.4 Å². The lowest BCUT2D eigenvalue weighted by Crippen LogP contribution is -2.57. The number of pyridine rings is 2. The van der Waals surface area contributed by atoms with Crippen molar-refractivity contribution >= 4 is 22.5 Å². The maximum Gasteiger partial charge on any atom is 0.270 e. The van der Waals surface area contributed by atoms with Gasteiger partial charge in [0.2, 0.25) is 5.52 Å². The van der Waals surface area contributed by atoms with Gasteiger partial charge in [0.15, 0.2) is 0 Å². The Balaban J connectivity index is 1.42. The van der Waals surface area contributed by atoms with Crippen LogP contribution in [0.5, 0.6) is 0 Å². The second-order valence-electron chi connectivity index (χ2n) is 9.23. The van der Waals surface area contributed by atoms with Gasteiger partial charge in [-0.25, -0.2) is 9.67 Å². The number of nitrogens with zero attached hydrogens (tertiary/aromatic N) is 8. The van der Waals surface area contributed by atoms with Crippen molar-refractivity contribution in [2.24, 2.45) is 7.05 Å². The maximum atomic E-state index is 12.7. The van der Waals surface area contributed by atoms with Crippen molar-refractivity contribution < 1.29 is 0 Å². The third kappa shape index (κ3) is 4.06. The molecule has 9 nitrogen and oxygen atoms in total. The highest BCUT2D eigenvalue weighted by atomic mass is 16.1. The highest BCUT2D eigenvalue weighted by molar-refractivity contribution is 5.89. The molecule has 1 saturated heterocycles. The second kappa shape index (κ2) is 8.96. The standard InChI is InChI=1S/C26H28N8O/c1-17-14-33(23-12-25(35)31(5)22-10-11-24(27-4)30-26(22)23)18(2)13-32(17)19(3)20-6-8-21(9-7-20)34-16-28-15-29-34/h6-12,15-19H,13-14H2,1-3,5H3/t17-,18+,19?/m1/s1. The first-order chi connectivity index (χ1) is 16.9. The molecule has 0 spiro atoms. The van der Waals surface area contributed by atoms with Crippen LogP contribution in [-0.2, 0) is 7.05 Å². The minimum absolute atomic E-state index is 0.0759. The highest BCUT2D eigenvalue weighted by Gasteiger charge is 2.34. The Morgan fingerprint density at radius 2 is 1.86 bits per heavy atom. The lowest BCUT2D eigenvalue weighted by atomic mass is 10.00. The van der Waals surface area contributed by atoms with Crippen LogP contribution in [0.25, 0.3) is 21.6 Å². The van der Waals surface area contributed by atoms with Crippen molar-refractivity contribution in [3.63, 3.8) is 0 Å². The van der Waals surface area contributed by atoms with Crippen molar-refractivity contribution in [3.05, 3.63) is 82.5 Å². The molecule has 1 aliphatic rings. The zero-order valence-corrected chi connectivity index (χ0v) is 20.3. The first-order valence-corrected chi connectivity index (χ1v) is 11.7. The number of benzene rings is 1. The molecule has 0 N–H and O–H groups in total. The molecule has 9 heteroatoms. The zero-order chi connectivity index (χ0) is 24.7. The van der Waals surface area contributed by atoms with Gasteiger partial charge in [0.05, 0.1) is 16.9 Å². The largest absolute Gasteiger partial charge is 0.362 e. The quantitative estimate of drug-likeness (QED) is 0.425. The molecule has 4 heterocycles. The van der Waals surface area contributed by atoms with E-state index in [0.717, 1.165) is 30.0 Å². The summed E-state index contributed by atoms with van der Waals surface area (Å²) in [6, 6.07) is 14.2. The van der Waals surface area contributed by atoms with Crippen LogP contribution >= 0.6 is 0 Å².